The highest BCUT2D eigenvalue weighted by Gasteiger charge is 2.20. The van der Waals surface area contributed by atoms with E-state index in [0.717, 1.165) is 60.6 Å². The number of fused-ring (bicyclic) bond motifs is 9. The van der Waals surface area contributed by atoms with E-state index in [0.29, 0.717) is 5.82 Å². The van der Waals surface area contributed by atoms with Crippen LogP contribution in [0.25, 0.3) is 88.2 Å². The van der Waals surface area contributed by atoms with Gasteiger partial charge in [-0.05, 0) is 53.6 Å². The minimum absolute atomic E-state index is 0.687. The van der Waals surface area contributed by atoms with E-state index in [-0.39, 0.29) is 0 Å². The average molecular weight is 577 g/mol. The van der Waals surface area contributed by atoms with Crippen LogP contribution >= 0.6 is 0 Å². The minimum atomic E-state index is 0.687. The van der Waals surface area contributed by atoms with Crippen molar-refractivity contribution >= 4 is 65.6 Å². The maximum Gasteiger partial charge on any atom is 0.204 e. The van der Waals surface area contributed by atoms with Gasteiger partial charge in [-0.3, -0.25) is 4.57 Å². The number of para-hydroxylation sites is 4. The van der Waals surface area contributed by atoms with Gasteiger partial charge in [-0.2, -0.15) is 5.10 Å². The summed E-state index contributed by atoms with van der Waals surface area (Å²) in [7, 11) is 0. The Morgan fingerprint density at radius 3 is 1.71 bits per heavy atom. The van der Waals surface area contributed by atoms with Gasteiger partial charge >= 0.3 is 0 Å². The van der Waals surface area contributed by atoms with Crippen LogP contribution in [0.2, 0.25) is 0 Å². The van der Waals surface area contributed by atoms with Gasteiger partial charge in [0.05, 0.1) is 33.6 Å². The summed E-state index contributed by atoms with van der Waals surface area (Å²) < 4.78 is 11.0. The summed E-state index contributed by atoms with van der Waals surface area (Å²) >= 11 is 0. The Morgan fingerprint density at radius 2 is 1.00 bits per heavy atom. The third kappa shape index (κ3) is 3.43. The van der Waals surface area contributed by atoms with Gasteiger partial charge in [0.15, 0.2) is 5.58 Å². The molecule has 0 fully saturated rings. The zero-order valence-electron chi connectivity index (χ0n) is 24.1. The molecule has 0 N–H and O–H groups in total. The Balaban J connectivity index is 1.25. The number of nitrogens with zero attached hydrogens (tertiary/aromatic N) is 4. The number of hydrogen-bond donors (Lipinski definition) is 0. The summed E-state index contributed by atoms with van der Waals surface area (Å²) in [6.07, 6.45) is 1.80. The Labute approximate surface area is 257 Å². The van der Waals surface area contributed by atoms with Crippen LogP contribution in [0.5, 0.6) is 0 Å². The van der Waals surface area contributed by atoms with Gasteiger partial charge in [0.1, 0.15) is 5.58 Å². The van der Waals surface area contributed by atoms with Crippen molar-refractivity contribution in [1.29, 1.82) is 0 Å². The summed E-state index contributed by atoms with van der Waals surface area (Å²) in [5.74, 6) is 0.687. The number of hydrogen-bond acceptors (Lipinski definition) is 3. The number of furan rings is 1. The largest absolute Gasteiger partial charge is 0.452 e. The summed E-state index contributed by atoms with van der Waals surface area (Å²) in [6.45, 7) is 0. The minimum Gasteiger partial charge on any atom is -0.452 e. The topological polar surface area (TPSA) is 48.8 Å². The summed E-state index contributed by atoms with van der Waals surface area (Å²) in [4.78, 5) is 0. The first kappa shape index (κ1) is 24.3. The molecule has 0 aliphatic heterocycles. The zero-order chi connectivity index (χ0) is 29.5. The molecule has 5 nitrogen and oxygen atoms in total. The third-order valence-electron chi connectivity index (χ3n) is 9.08. The Morgan fingerprint density at radius 1 is 0.444 bits per heavy atom. The second-order valence-electron chi connectivity index (χ2n) is 11.5. The molecule has 0 radical (unpaired) electrons. The fourth-order valence-electron chi connectivity index (χ4n) is 7.08. The molecule has 4 aromatic heterocycles. The molecule has 210 valence electrons. The molecule has 0 unspecified atom stereocenters. The second-order valence-corrected chi connectivity index (χ2v) is 11.5. The standard InChI is InChI=1S/C40H24N4O/c1-2-10-27(11-3-1)43-34-15-7-4-12-28(34)30-20-18-25(22-36(30)43)26-19-21-31-29-13-5-8-16-35(29)44(37(31)23-26)40-39-33(24-41-42-40)32-14-6-9-17-38(32)45-39/h1-24H. The van der Waals surface area contributed by atoms with Crippen molar-refractivity contribution < 1.29 is 4.42 Å². The SMILES string of the molecule is c1ccc(-n2c3ccccc3c3ccc(-c4ccc5c6ccccc6n(-c6nncc7c6oc6ccccc67)c5c4)cc32)cc1. The van der Waals surface area contributed by atoms with Crippen molar-refractivity contribution in [2.75, 3.05) is 0 Å². The molecule has 0 bridgehead atoms. The predicted octanol–water partition coefficient (Wildman–Crippen LogP) is 10.2. The normalized spacial score (nSPS) is 12.0. The van der Waals surface area contributed by atoms with Crippen molar-refractivity contribution in [1.82, 2.24) is 19.3 Å². The van der Waals surface area contributed by atoms with Crippen LogP contribution in [0.15, 0.2) is 150 Å². The van der Waals surface area contributed by atoms with Gasteiger partial charge in [0.2, 0.25) is 5.82 Å². The molecule has 0 aliphatic rings. The van der Waals surface area contributed by atoms with Gasteiger partial charge in [-0.15, -0.1) is 5.10 Å². The fourth-order valence-corrected chi connectivity index (χ4v) is 7.08. The predicted molar refractivity (Wildman–Crippen MR) is 183 cm³/mol. The zero-order valence-corrected chi connectivity index (χ0v) is 24.1. The van der Waals surface area contributed by atoms with Gasteiger partial charge in [-0.25, -0.2) is 0 Å². The average Bonchev–Trinajstić information content (AvgIpc) is 3.76. The monoisotopic (exact) mass is 576 g/mol. The molecular weight excluding hydrogens is 552 g/mol. The molecule has 0 saturated carbocycles. The summed E-state index contributed by atoms with van der Waals surface area (Å²) in [5, 5.41) is 15.9. The van der Waals surface area contributed by atoms with E-state index in [9.17, 15) is 0 Å². The summed E-state index contributed by atoms with van der Waals surface area (Å²) in [5.41, 5.74) is 9.47. The first-order valence-corrected chi connectivity index (χ1v) is 15.1. The number of rotatable bonds is 3. The second kappa shape index (κ2) is 9.15. The molecule has 0 amide bonds. The van der Waals surface area contributed by atoms with Crippen molar-refractivity contribution in [3.8, 4) is 22.6 Å². The van der Waals surface area contributed by atoms with E-state index in [1.807, 2.05) is 18.2 Å². The Bertz CT molecular complexity index is 2770. The van der Waals surface area contributed by atoms with Gasteiger partial charge in [0, 0.05) is 32.6 Å². The Kier molecular flexibility index (Phi) is 4.93. The first-order chi connectivity index (χ1) is 22.3. The third-order valence-corrected chi connectivity index (χ3v) is 9.08. The highest BCUT2D eigenvalue weighted by Crippen LogP contribution is 2.39. The quantitative estimate of drug-likeness (QED) is 0.210. The molecule has 45 heavy (non-hydrogen) atoms. The van der Waals surface area contributed by atoms with Crippen molar-refractivity contribution in [2.24, 2.45) is 0 Å². The molecule has 10 aromatic rings. The molecule has 10 rings (SSSR count). The van der Waals surface area contributed by atoms with E-state index in [1.54, 1.807) is 6.20 Å². The molecule has 0 saturated heterocycles. The maximum absolute atomic E-state index is 6.43. The molecule has 0 aliphatic carbocycles. The van der Waals surface area contributed by atoms with Gasteiger partial charge in [0.25, 0.3) is 0 Å². The van der Waals surface area contributed by atoms with Gasteiger partial charge < -0.3 is 8.98 Å². The molecular formula is C40H24N4O. The van der Waals surface area contributed by atoms with E-state index < -0.39 is 0 Å². The molecule has 5 heteroatoms. The van der Waals surface area contributed by atoms with Crippen LogP contribution in [0.1, 0.15) is 0 Å². The smallest absolute Gasteiger partial charge is 0.204 e. The van der Waals surface area contributed by atoms with E-state index in [2.05, 4.69) is 141 Å². The maximum atomic E-state index is 6.43. The summed E-state index contributed by atoms with van der Waals surface area (Å²) in [6, 6.07) is 49.3. The molecule has 6 aromatic carbocycles. The lowest BCUT2D eigenvalue weighted by Gasteiger charge is -2.10. The lowest BCUT2D eigenvalue weighted by molar-refractivity contribution is 0.661. The number of aromatic nitrogens is 4. The van der Waals surface area contributed by atoms with Crippen LogP contribution < -0.4 is 0 Å². The van der Waals surface area contributed by atoms with Gasteiger partial charge in [-0.1, -0.05) is 97.1 Å². The van der Waals surface area contributed by atoms with E-state index >= 15 is 0 Å². The molecule has 0 atom stereocenters. The van der Waals surface area contributed by atoms with Crippen LogP contribution in [-0.2, 0) is 0 Å². The van der Waals surface area contributed by atoms with Crippen LogP contribution in [0.4, 0.5) is 0 Å². The highest BCUT2D eigenvalue weighted by atomic mass is 16.3. The molecule has 0 spiro atoms. The van der Waals surface area contributed by atoms with Crippen LogP contribution in [0.3, 0.4) is 0 Å². The molecule has 4 heterocycles. The Hall–Kier alpha value is -6.20. The van der Waals surface area contributed by atoms with Crippen molar-refractivity contribution in [2.45, 2.75) is 0 Å². The lowest BCUT2D eigenvalue weighted by Crippen LogP contribution is -1.99. The van der Waals surface area contributed by atoms with Crippen LogP contribution in [0, 0.1) is 0 Å². The number of benzene rings is 6. The highest BCUT2D eigenvalue weighted by molar-refractivity contribution is 6.13. The first-order valence-electron chi connectivity index (χ1n) is 15.1. The van der Waals surface area contributed by atoms with E-state index in [4.69, 9.17) is 4.42 Å². The van der Waals surface area contributed by atoms with E-state index in [1.165, 1.54) is 21.8 Å². The lowest BCUT2D eigenvalue weighted by atomic mass is 10.0. The van der Waals surface area contributed by atoms with Crippen molar-refractivity contribution in [3.05, 3.63) is 146 Å². The van der Waals surface area contributed by atoms with Crippen LogP contribution in [-0.4, -0.2) is 19.3 Å². The fraction of sp³-hybridized carbons (Fsp3) is 0. The van der Waals surface area contributed by atoms with Crippen molar-refractivity contribution in [3.63, 3.8) is 0 Å².